The van der Waals surface area contributed by atoms with Crippen LogP contribution in [0, 0.1) is 5.92 Å². The fraction of sp³-hybridized carbons (Fsp3) is 0.579. The predicted octanol–water partition coefficient (Wildman–Crippen LogP) is 2.53. The van der Waals surface area contributed by atoms with E-state index < -0.39 is 0 Å². The third-order valence-corrected chi connectivity index (χ3v) is 5.02. The van der Waals surface area contributed by atoms with Crippen LogP contribution in [-0.2, 0) is 16.0 Å². The Morgan fingerprint density at radius 3 is 2.65 bits per heavy atom. The van der Waals surface area contributed by atoms with E-state index in [-0.39, 0.29) is 23.8 Å². The summed E-state index contributed by atoms with van der Waals surface area (Å²) in [4.78, 5) is 26.2. The van der Waals surface area contributed by atoms with Gasteiger partial charge >= 0.3 is 0 Å². The quantitative estimate of drug-likeness (QED) is 0.877. The van der Waals surface area contributed by atoms with Gasteiger partial charge in [-0.05, 0) is 31.2 Å². The maximum atomic E-state index is 12.2. The highest BCUT2D eigenvalue weighted by molar-refractivity contribution is 5.83. The smallest absolute Gasteiger partial charge is 0.224 e. The molecule has 0 unspecified atom stereocenters. The van der Waals surface area contributed by atoms with Crippen LogP contribution in [0.5, 0.6) is 0 Å². The molecule has 4 nitrogen and oxygen atoms in total. The summed E-state index contributed by atoms with van der Waals surface area (Å²) in [6.45, 7) is 1.45. The highest BCUT2D eigenvalue weighted by Gasteiger charge is 2.32. The fourth-order valence-corrected chi connectivity index (χ4v) is 3.71. The minimum absolute atomic E-state index is 0.00678. The Labute approximate surface area is 138 Å². The largest absolute Gasteiger partial charge is 0.351 e. The van der Waals surface area contributed by atoms with Gasteiger partial charge in [0.2, 0.25) is 11.8 Å². The molecule has 1 N–H and O–H groups in total. The van der Waals surface area contributed by atoms with E-state index in [1.807, 2.05) is 23.1 Å². The maximum absolute atomic E-state index is 12.2. The lowest BCUT2D eigenvalue weighted by Gasteiger charge is -2.18. The second kappa shape index (κ2) is 7.62. The van der Waals surface area contributed by atoms with Crippen molar-refractivity contribution in [2.45, 2.75) is 51.0 Å². The van der Waals surface area contributed by atoms with Crippen LogP contribution in [0.1, 0.15) is 44.1 Å². The zero-order valence-electron chi connectivity index (χ0n) is 13.7. The first-order chi connectivity index (χ1) is 11.2. The van der Waals surface area contributed by atoms with Gasteiger partial charge in [0.05, 0.1) is 6.04 Å². The molecule has 2 fully saturated rings. The average molecular weight is 314 g/mol. The molecule has 124 valence electrons. The van der Waals surface area contributed by atoms with Gasteiger partial charge in [-0.2, -0.15) is 0 Å². The van der Waals surface area contributed by atoms with Crippen LogP contribution in [0.2, 0.25) is 0 Å². The molecule has 4 heteroatoms. The van der Waals surface area contributed by atoms with E-state index >= 15 is 0 Å². The average Bonchev–Trinajstić information content (AvgIpc) is 3.19. The molecule has 1 aliphatic heterocycles. The van der Waals surface area contributed by atoms with Crippen LogP contribution in [0.3, 0.4) is 0 Å². The van der Waals surface area contributed by atoms with Gasteiger partial charge in [-0.25, -0.2) is 0 Å². The third kappa shape index (κ3) is 4.34. The molecule has 1 saturated heterocycles. The van der Waals surface area contributed by atoms with Crippen LogP contribution >= 0.6 is 0 Å². The number of hydrogen-bond acceptors (Lipinski definition) is 2. The molecule has 1 aliphatic carbocycles. The monoisotopic (exact) mass is 314 g/mol. The maximum Gasteiger partial charge on any atom is 0.224 e. The first kappa shape index (κ1) is 16.0. The van der Waals surface area contributed by atoms with Crippen molar-refractivity contribution in [2.24, 2.45) is 5.92 Å². The number of likely N-dealkylation sites (tertiary alicyclic amines) is 1. The lowest BCUT2D eigenvalue weighted by Crippen LogP contribution is -2.40. The van der Waals surface area contributed by atoms with Gasteiger partial charge in [-0.15, -0.1) is 0 Å². The molecule has 23 heavy (non-hydrogen) atoms. The number of benzene rings is 1. The van der Waals surface area contributed by atoms with Crippen molar-refractivity contribution in [3.63, 3.8) is 0 Å². The van der Waals surface area contributed by atoms with Crippen LogP contribution in [0.15, 0.2) is 30.3 Å². The number of nitrogens with zero attached hydrogens (tertiary/aromatic N) is 1. The zero-order valence-corrected chi connectivity index (χ0v) is 13.7. The molecular weight excluding hydrogens is 288 g/mol. The van der Waals surface area contributed by atoms with E-state index in [0.29, 0.717) is 13.0 Å². The molecule has 1 aromatic carbocycles. The summed E-state index contributed by atoms with van der Waals surface area (Å²) >= 11 is 0. The van der Waals surface area contributed by atoms with Gasteiger partial charge in [-0.3, -0.25) is 9.59 Å². The molecule has 1 atom stereocenters. The van der Waals surface area contributed by atoms with Crippen molar-refractivity contribution in [3.8, 4) is 0 Å². The van der Waals surface area contributed by atoms with E-state index in [9.17, 15) is 9.59 Å². The number of nitrogens with one attached hydrogen (secondary N) is 1. The molecule has 1 heterocycles. The summed E-state index contributed by atoms with van der Waals surface area (Å²) < 4.78 is 0. The number of rotatable bonds is 6. The summed E-state index contributed by atoms with van der Waals surface area (Å²) in [5.41, 5.74) is 1.31. The highest BCUT2D eigenvalue weighted by atomic mass is 16.2. The number of hydrogen-bond donors (Lipinski definition) is 1. The van der Waals surface area contributed by atoms with Crippen molar-refractivity contribution in [2.75, 3.05) is 13.1 Å². The van der Waals surface area contributed by atoms with E-state index in [1.165, 1.54) is 5.56 Å². The summed E-state index contributed by atoms with van der Waals surface area (Å²) in [6.07, 6.45) is 6.76. The minimum Gasteiger partial charge on any atom is -0.351 e. The van der Waals surface area contributed by atoms with Crippen LogP contribution in [0.4, 0.5) is 0 Å². The zero-order chi connectivity index (χ0) is 16.1. The first-order valence-electron chi connectivity index (χ1n) is 8.84. The Morgan fingerprint density at radius 2 is 1.91 bits per heavy atom. The Balaban J connectivity index is 1.41. The molecule has 1 saturated carbocycles. The Kier molecular flexibility index (Phi) is 5.31. The second-order valence-corrected chi connectivity index (χ2v) is 6.82. The summed E-state index contributed by atoms with van der Waals surface area (Å²) in [6, 6.07) is 10.4. The SMILES string of the molecule is O=C(N[C@@H]1CC(=O)N(CCCc2ccccc2)C1)C1CCCC1. The molecule has 0 bridgehead atoms. The van der Waals surface area contributed by atoms with Crippen molar-refractivity contribution < 1.29 is 9.59 Å². The summed E-state index contributed by atoms with van der Waals surface area (Å²) in [5, 5.41) is 3.09. The molecule has 2 aliphatic rings. The van der Waals surface area contributed by atoms with Gasteiger partial charge < -0.3 is 10.2 Å². The number of amides is 2. The lowest BCUT2D eigenvalue weighted by molar-refractivity contribution is -0.127. The molecule has 1 aromatic rings. The first-order valence-corrected chi connectivity index (χ1v) is 8.84. The Bertz CT molecular complexity index is 538. The normalized spacial score (nSPS) is 21.8. The second-order valence-electron chi connectivity index (χ2n) is 6.82. The van der Waals surface area contributed by atoms with Gasteiger partial charge in [0, 0.05) is 25.4 Å². The highest BCUT2D eigenvalue weighted by Crippen LogP contribution is 2.25. The predicted molar refractivity (Wildman–Crippen MR) is 89.8 cm³/mol. The molecule has 2 amide bonds. The summed E-state index contributed by atoms with van der Waals surface area (Å²) in [5.74, 6) is 0.512. The number of aryl methyl sites for hydroxylation is 1. The summed E-state index contributed by atoms with van der Waals surface area (Å²) in [7, 11) is 0. The van der Waals surface area contributed by atoms with Crippen LogP contribution in [0.25, 0.3) is 0 Å². The van der Waals surface area contributed by atoms with Gasteiger partial charge in [0.15, 0.2) is 0 Å². The number of carbonyl (C=O) groups is 2. The Hall–Kier alpha value is -1.84. The lowest BCUT2D eigenvalue weighted by atomic mass is 10.1. The Morgan fingerprint density at radius 1 is 1.17 bits per heavy atom. The van der Waals surface area contributed by atoms with Crippen molar-refractivity contribution in [1.29, 1.82) is 0 Å². The van der Waals surface area contributed by atoms with E-state index in [0.717, 1.165) is 45.1 Å². The molecule has 0 radical (unpaired) electrons. The topological polar surface area (TPSA) is 49.4 Å². The molecule has 0 aromatic heterocycles. The minimum atomic E-state index is 0.00678. The number of carbonyl (C=O) groups excluding carboxylic acids is 2. The van der Waals surface area contributed by atoms with Crippen molar-refractivity contribution in [3.05, 3.63) is 35.9 Å². The van der Waals surface area contributed by atoms with Crippen LogP contribution < -0.4 is 5.32 Å². The van der Waals surface area contributed by atoms with Gasteiger partial charge in [0.25, 0.3) is 0 Å². The van der Waals surface area contributed by atoms with Gasteiger partial charge in [-0.1, -0.05) is 43.2 Å². The molecular formula is C19H26N2O2. The molecule has 3 rings (SSSR count). The van der Waals surface area contributed by atoms with Crippen molar-refractivity contribution >= 4 is 11.8 Å². The standard InChI is InChI=1S/C19H26N2O2/c22-18-13-17(20-19(23)16-10-4-5-11-16)14-21(18)12-6-9-15-7-2-1-3-8-15/h1-3,7-8,16-17H,4-6,9-14H2,(H,20,23)/t17-/m1/s1. The molecule has 0 spiro atoms. The third-order valence-electron chi connectivity index (χ3n) is 5.02. The van der Waals surface area contributed by atoms with Gasteiger partial charge in [0.1, 0.15) is 0 Å². The van der Waals surface area contributed by atoms with Crippen LogP contribution in [-0.4, -0.2) is 35.8 Å². The fourth-order valence-electron chi connectivity index (χ4n) is 3.71. The van der Waals surface area contributed by atoms with E-state index in [4.69, 9.17) is 0 Å². The van der Waals surface area contributed by atoms with Crippen molar-refractivity contribution in [1.82, 2.24) is 10.2 Å². The van der Waals surface area contributed by atoms with E-state index in [2.05, 4.69) is 17.4 Å². The van der Waals surface area contributed by atoms with E-state index in [1.54, 1.807) is 0 Å².